The number of para-hydroxylation sites is 1. The lowest BCUT2D eigenvalue weighted by molar-refractivity contribution is -0.129. The maximum absolute atomic E-state index is 12.3. The van der Waals surface area contributed by atoms with Gasteiger partial charge in [-0.3, -0.25) is 9.59 Å². The zero-order valence-corrected chi connectivity index (χ0v) is 16.2. The molecule has 1 aromatic carbocycles. The third kappa shape index (κ3) is 4.76. The average Bonchev–Trinajstić information content (AvgIpc) is 2.74. The minimum atomic E-state index is -0.254. The van der Waals surface area contributed by atoms with Gasteiger partial charge in [-0.15, -0.1) is 10.2 Å². The molecule has 1 aliphatic heterocycles. The molecule has 1 saturated heterocycles. The van der Waals surface area contributed by atoms with Crippen LogP contribution in [-0.2, 0) is 11.2 Å². The Morgan fingerprint density at radius 2 is 1.82 bits per heavy atom. The van der Waals surface area contributed by atoms with Crippen molar-refractivity contribution in [2.45, 2.75) is 13.3 Å². The minimum Gasteiger partial charge on any atom is -0.496 e. The highest BCUT2D eigenvalue weighted by Crippen LogP contribution is 2.17. The predicted octanol–water partition coefficient (Wildman–Crippen LogP) is 1.13. The van der Waals surface area contributed by atoms with Crippen LogP contribution >= 0.6 is 0 Å². The molecule has 0 aliphatic carbocycles. The van der Waals surface area contributed by atoms with Crippen molar-refractivity contribution in [3.63, 3.8) is 0 Å². The summed E-state index contributed by atoms with van der Waals surface area (Å²) in [5.41, 5.74) is 1.32. The Kier molecular flexibility index (Phi) is 6.41. The van der Waals surface area contributed by atoms with Crippen molar-refractivity contribution >= 4 is 17.6 Å². The number of anilines is 1. The molecule has 0 atom stereocenters. The van der Waals surface area contributed by atoms with E-state index in [4.69, 9.17) is 4.74 Å². The molecule has 8 nitrogen and oxygen atoms in total. The molecule has 0 unspecified atom stereocenters. The van der Waals surface area contributed by atoms with Crippen LogP contribution in [0.2, 0.25) is 0 Å². The van der Waals surface area contributed by atoms with Gasteiger partial charge in [-0.25, -0.2) is 0 Å². The first-order valence-corrected chi connectivity index (χ1v) is 9.33. The highest BCUT2D eigenvalue weighted by atomic mass is 16.5. The molecule has 1 aliphatic rings. The molecule has 8 heteroatoms. The van der Waals surface area contributed by atoms with Crippen molar-refractivity contribution in [2.24, 2.45) is 0 Å². The molecule has 1 N–H and O–H groups in total. The fraction of sp³-hybridized carbons (Fsp3) is 0.400. The molecule has 28 heavy (non-hydrogen) atoms. The Bertz CT molecular complexity index is 817. The van der Waals surface area contributed by atoms with Crippen LogP contribution in [0.5, 0.6) is 5.75 Å². The standard InChI is InChI=1S/C20H25N5O3/c1-15(26)24-11-13-25(14-12-24)19-8-7-17(22-23-19)20(27)21-10-9-16-5-3-4-6-18(16)28-2/h3-8H,9-14H2,1-2H3,(H,21,27). The van der Waals surface area contributed by atoms with Crippen molar-refractivity contribution in [1.82, 2.24) is 20.4 Å². The number of benzene rings is 1. The molecule has 0 bridgehead atoms. The first kappa shape index (κ1) is 19.6. The fourth-order valence-electron chi connectivity index (χ4n) is 3.18. The van der Waals surface area contributed by atoms with Crippen molar-refractivity contribution in [2.75, 3.05) is 44.7 Å². The number of nitrogens with one attached hydrogen (secondary N) is 1. The van der Waals surface area contributed by atoms with Crippen LogP contribution in [0.15, 0.2) is 36.4 Å². The van der Waals surface area contributed by atoms with E-state index in [1.54, 1.807) is 26.2 Å². The van der Waals surface area contributed by atoms with Crippen LogP contribution in [-0.4, -0.2) is 66.7 Å². The Morgan fingerprint density at radius 1 is 1.07 bits per heavy atom. The molecule has 2 heterocycles. The van der Waals surface area contributed by atoms with E-state index in [1.165, 1.54) is 0 Å². The first-order chi connectivity index (χ1) is 13.6. The van der Waals surface area contributed by atoms with Crippen molar-refractivity contribution in [3.05, 3.63) is 47.7 Å². The van der Waals surface area contributed by atoms with Gasteiger partial charge in [-0.05, 0) is 30.2 Å². The number of amides is 2. The normalized spacial score (nSPS) is 13.9. The average molecular weight is 383 g/mol. The van der Waals surface area contributed by atoms with E-state index in [2.05, 4.69) is 20.4 Å². The molecule has 0 radical (unpaired) electrons. The van der Waals surface area contributed by atoms with Gasteiger partial charge in [0.05, 0.1) is 7.11 Å². The number of hydrogen-bond donors (Lipinski definition) is 1. The number of aromatic nitrogens is 2. The molecule has 1 aromatic heterocycles. The largest absolute Gasteiger partial charge is 0.496 e. The Hall–Kier alpha value is -3.16. The van der Waals surface area contributed by atoms with Crippen LogP contribution in [0.3, 0.4) is 0 Å². The summed E-state index contributed by atoms with van der Waals surface area (Å²) in [6, 6.07) is 11.2. The molecule has 0 spiro atoms. The Balaban J connectivity index is 1.50. The van der Waals surface area contributed by atoms with Crippen LogP contribution in [0, 0.1) is 0 Å². The minimum absolute atomic E-state index is 0.0888. The number of rotatable bonds is 6. The van der Waals surface area contributed by atoms with Crippen molar-refractivity contribution in [1.29, 1.82) is 0 Å². The van der Waals surface area contributed by atoms with Gasteiger partial charge in [-0.2, -0.15) is 0 Å². The number of hydrogen-bond acceptors (Lipinski definition) is 6. The number of ether oxygens (including phenoxy) is 1. The molecular weight excluding hydrogens is 358 g/mol. The molecule has 3 rings (SSSR count). The van der Waals surface area contributed by atoms with E-state index in [-0.39, 0.29) is 17.5 Å². The summed E-state index contributed by atoms with van der Waals surface area (Å²) in [6.45, 7) is 4.81. The molecular formula is C20H25N5O3. The number of carbonyl (C=O) groups is 2. The lowest BCUT2D eigenvalue weighted by Gasteiger charge is -2.34. The van der Waals surface area contributed by atoms with Crippen molar-refractivity contribution in [3.8, 4) is 5.75 Å². The fourth-order valence-corrected chi connectivity index (χ4v) is 3.18. The lowest BCUT2D eigenvalue weighted by atomic mass is 10.1. The molecule has 2 amide bonds. The molecule has 2 aromatic rings. The summed E-state index contributed by atoms with van der Waals surface area (Å²) in [4.78, 5) is 27.6. The van der Waals surface area contributed by atoms with Crippen molar-refractivity contribution < 1.29 is 14.3 Å². The second kappa shape index (κ2) is 9.16. The van der Waals surface area contributed by atoms with Gasteiger partial charge < -0.3 is 19.9 Å². The third-order valence-corrected chi connectivity index (χ3v) is 4.80. The van der Waals surface area contributed by atoms with E-state index in [0.29, 0.717) is 45.0 Å². The zero-order valence-electron chi connectivity index (χ0n) is 16.2. The molecule has 1 fully saturated rings. The number of piperazine rings is 1. The molecule has 0 saturated carbocycles. The van der Waals surface area contributed by atoms with Crippen LogP contribution < -0.4 is 15.0 Å². The van der Waals surface area contributed by atoms with Gasteiger partial charge in [-0.1, -0.05) is 18.2 Å². The van der Waals surface area contributed by atoms with Gasteiger partial charge >= 0.3 is 0 Å². The SMILES string of the molecule is COc1ccccc1CCNC(=O)c1ccc(N2CCN(C(C)=O)CC2)nn1. The summed E-state index contributed by atoms with van der Waals surface area (Å²) in [5.74, 6) is 1.36. The maximum atomic E-state index is 12.3. The lowest BCUT2D eigenvalue weighted by Crippen LogP contribution is -2.48. The number of carbonyl (C=O) groups excluding carboxylic acids is 2. The second-order valence-corrected chi connectivity index (χ2v) is 6.59. The van der Waals surface area contributed by atoms with Gasteiger partial charge in [0, 0.05) is 39.6 Å². The highest BCUT2D eigenvalue weighted by Gasteiger charge is 2.20. The summed E-state index contributed by atoms with van der Waals surface area (Å²) in [6.07, 6.45) is 0.668. The number of nitrogens with zero attached hydrogens (tertiary/aromatic N) is 4. The van der Waals surface area contributed by atoms with Crippen LogP contribution in [0.1, 0.15) is 23.0 Å². The quantitative estimate of drug-likeness (QED) is 0.805. The van der Waals surface area contributed by atoms with Gasteiger partial charge in [0.25, 0.3) is 5.91 Å². The van der Waals surface area contributed by atoms with E-state index in [1.807, 2.05) is 29.2 Å². The summed E-state index contributed by atoms with van der Waals surface area (Å²) in [7, 11) is 1.63. The monoisotopic (exact) mass is 383 g/mol. The Morgan fingerprint density at radius 3 is 2.46 bits per heavy atom. The van der Waals surface area contributed by atoms with E-state index in [0.717, 1.165) is 11.3 Å². The smallest absolute Gasteiger partial charge is 0.271 e. The van der Waals surface area contributed by atoms with Gasteiger partial charge in [0.2, 0.25) is 5.91 Å². The summed E-state index contributed by atoms with van der Waals surface area (Å²) < 4.78 is 5.32. The van der Waals surface area contributed by atoms with Crippen LogP contribution in [0.4, 0.5) is 5.82 Å². The topological polar surface area (TPSA) is 87.7 Å². The summed E-state index contributed by atoms with van der Waals surface area (Å²) >= 11 is 0. The highest BCUT2D eigenvalue weighted by molar-refractivity contribution is 5.92. The predicted molar refractivity (Wildman–Crippen MR) is 106 cm³/mol. The zero-order chi connectivity index (χ0) is 19.9. The first-order valence-electron chi connectivity index (χ1n) is 9.33. The van der Waals surface area contributed by atoms with Crippen LogP contribution in [0.25, 0.3) is 0 Å². The molecule has 148 valence electrons. The summed E-state index contributed by atoms with van der Waals surface area (Å²) in [5, 5.41) is 11.1. The van der Waals surface area contributed by atoms with E-state index in [9.17, 15) is 9.59 Å². The second-order valence-electron chi connectivity index (χ2n) is 6.59. The number of methoxy groups -OCH3 is 1. The van der Waals surface area contributed by atoms with Gasteiger partial charge in [0.15, 0.2) is 11.5 Å². The van der Waals surface area contributed by atoms with Gasteiger partial charge in [0.1, 0.15) is 5.75 Å². The van der Waals surface area contributed by atoms with E-state index < -0.39 is 0 Å². The maximum Gasteiger partial charge on any atom is 0.271 e. The van der Waals surface area contributed by atoms with E-state index >= 15 is 0 Å². The third-order valence-electron chi connectivity index (χ3n) is 4.80. The Labute approximate surface area is 164 Å².